The Morgan fingerprint density at radius 3 is 2.89 bits per heavy atom. The Labute approximate surface area is 119 Å². The molecule has 2 heterocycles. The molecule has 0 fully saturated rings. The molecule has 0 saturated carbocycles. The fraction of sp³-hybridized carbons (Fsp3) is 0.533. The molecule has 19 heavy (non-hydrogen) atoms. The van der Waals surface area contributed by atoms with Crippen molar-refractivity contribution in [1.29, 1.82) is 0 Å². The predicted molar refractivity (Wildman–Crippen MR) is 80.6 cm³/mol. The summed E-state index contributed by atoms with van der Waals surface area (Å²) in [7, 11) is 0. The molecule has 2 rings (SSSR count). The third-order valence-electron chi connectivity index (χ3n) is 2.83. The Kier molecular flexibility index (Phi) is 5.16. The molecule has 0 saturated heterocycles. The highest BCUT2D eigenvalue weighted by molar-refractivity contribution is 7.15. The third-order valence-corrected chi connectivity index (χ3v) is 3.85. The molecule has 2 aromatic rings. The molecular weight excluding hydrogens is 256 g/mol. The molecule has 0 radical (unpaired) electrons. The third kappa shape index (κ3) is 4.48. The molecule has 3 nitrogen and oxygen atoms in total. The normalized spacial score (nSPS) is 11.4. The monoisotopic (exact) mass is 278 g/mol. The Balaban J connectivity index is 1.78. The summed E-state index contributed by atoms with van der Waals surface area (Å²) in [6.45, 7) is 8.64. The summed E-state index contributed by atoms with van der Waals surface area (Å²) in [6, 6.07) is 4.20. The van der Waals surface area contributed by atoms with Crippen molar-refractivity contribution in [3.8, 4) is 10.6 Å². The van der Waals surface area contributed by atoms with Gasteiger partial charge in [-0.2, -0.15) is 0 Å². The first-order valence-electron chi connectivity index (χ1n) is 6.87. The van der Waals surface area contributed by atoms with Crippen LogP contribution in [0.2, 0.25) is 0 Å². The molecule has 2 aromatic heterocycles. The molecular formula is C15H22N2OS. The number of thiophene rings is 1. The van der Waals surface area contributed by atoms with E-state index in [-0.39, 0.29) is 0 Å². The van der Waals surface area contributed by atoms with E-state index in [0.29, 0.717) is 5.92 Å². The van der Waals surface area contributed by atoms with Crippen LogP contribution in [0, 0.1) is 12.8 Å². The Bertz CT molecular complexity index is 502. The highest BCUT2D eigenvalue weighted by Crippen LogP contribution is 2.28. The molecule has 0 bridgehead atoms. The number of rotatable bonds is 7. The molecule has 0 aliphatic heterocycles. The van der Waals surface area contributed by atoms with Crippen LogP contribution >= 0.6 is 11.3 Å². The Hall–Kier alpha value is -1.13. The van der Waals surface area contributed by atoms with Gasteiger partial charge in [0, 0.05) is 11.3 Å². The minimum Gasteiger partial charge on any atom is -0.440 e. The summed E-state index contributed by atoms with van der Waals surface area (Å²) in [5, 5.41) is 3.43. The van der Waals surface area contributed by atoms with Crippen LogP contribution in [0.15, 0.2) is 22.7 Å². The van der Waals surface area contributed by atoms with Gasteiger partial charge in [0.1, 0.15) is 0 Å². The van der Waals surface area contributed by atoms with E-state index in [9.17, 15) is 0 Å². The van der Waals surface area contributed by atoms with E-state index in [0.717, 1.165) is 42.5 Å². The quantitative estimate of drug-likeness (QED) is 0.781. The molecule has 0 spiro atoms. The van der Waals surface area contributed by atoms with Crippen LogP contribution < -0.4 is 5.32 Å². The van der Waals surface area contributed by atoms with E-state index in [4.69, 9.17) is 4.42 Å². The molecule has 0 aliphatic rings. The van der Waals surface area contributed by atoms with Crippen LogP contribution in [0.25, 0.3) is 10.6 Å². The molecule has 0 amide bonds. The minimum absolute atomic E-state index is 0.704. The van der Waals surface area contributed by atoms with Crippen molar-refractivity contribution in [3.05, 3.63) is 29.1 Å². The van der Waals surface area contributed by atoms with Gasteiger partial charge in [0.25, 0.3) is 0 Å². The second-order valence-corrected chi connectivity index (χ2v) is 6.52. The van der Waals surface area contributed by atoms with Gasteiger partial charge in [-0.1, -0.05) is 13.8 Å². The number of hydrogen-bond acceptors (Lipinski definition) is 4. The molecule has 104 valence electrons. The zero-order chi connectivity index (χ0) is 13.7. The fourth-order valence-corrected chi connectivity index (χ4v) is 2.68. The lowest BCUT2D eigenvalue weighted by Crippen LogP contribution is -2.21. The van der Waals surface area contributed by atoms with Gasteiger partial charge in [-0.3, -0.25) is 0 Å². The number of aryl methyl sites for hydroxylation is 2. The maximum atomic E-state index is 5.78. The van der Waals surface area contributed by atoms with Crippen LogP contribution in [-0.4, -0.2) is 18.1 Å². The van der Waals surface area contributed by atoms with E-state index >= 15 is 0 Å². The Morgan fingerprint density at radius 1 is 1.37 bits per heavy atom. The first-order valence-corrected chi connectivity index (χ1v) is 7.69. The van der Waals surface area contributed by atoms with Crippen LogP contribution in [0.1, 0.15) is 31.0 Å². The van der Waals surface area contributed by atoms with Gasteiger partial charge in [-0.05, 0) is 44.5 Å². The van der Waals surface area contributed by atoms with Gasteiger partial charge in [0.15, 0.2) is 11.7 Å². The Morgan fingerprint density at radius 2 is 2.21 bits per heavy atom. The number of hydrogen-bond donors (Lipinski definition) is 1. The average molecular weight is 278 g/mol. The SMILES string of the molecule is Cc1ccc(-c2cnc(CCCNCC(C)C)o2)s1. The smallest absolute Gasteiger partial charge is 0.194 e. The van der Waals surface area contributed by atoms with Gasteiger partial charge in [-0.15, -0.1) is 11.3 Å². The van der Waals surface area contributed by atoms with Crippen molar-refractivity contribution < 1.29 is 4.42 Å². The number of oxazole rings is 1. The van der Waals surface area contributed by atoms with Crippen molar-refractivity contribution in [2.24, 2.45) is 5.92 Å². The molecule has 0 aliphatic carbocycles. The zero-order valence-electron chi connectivity index (χ0n) is 11.9. The zero-order valence-corrected chi connectivity index (χ0v) is 12.7. The summed E-state index contributed by atoms with van der Waals surface area (Å²) in [4.78, 5) is 6.81. The van der Waals surface area contributed by atoms with E-state index in [2.05, 4.69) is 43.2 Å². The molecule has 4 heteroatoms. The van der Waals surface area contributed by atoms with E-state index in [1.807, 2.05) is 6.20 Å². The number of nitrogens with zero attached hydrogens (tertiary/aromatic N) is 1. The topological polar surface area (TPSA) is 38.1 Å². The second-order valence-electron chi connectivity index (χ2n) is 5.23. The highest BCUT2D eigenvalue weighted by Gasteiger charge is 2.07. The largest absolute Gasteiger partial charge is 0.440 e. The van der Waals surface area contributed by atoms with Crippen LogP contribution in [0.3, 0.4) is 0 Å². The van der Waals surface area contributed by atoms with E-state index in [1.165, 1.54) is 4.88 Å². The van der Waals surface area contributed by atoms with Crippen molar-refractivity contribution in [2.75, 3.05) is 13.1 Å². The molecule has 0 atom stereocenters. The fourth-order valence-electron chi connectivity index (χ4n) is 1.86. The van der Waals surface area contributed by atoms with Gasteiger partial charge in [-0.25, -0.2) is 4.98 Å². The van der Waals surface area contributed by atoms with Crippen molar-refractivity contribution >= 4 is 11.3 Å². The average Bonchev–Trinajstić information content (AvgIpc) is 2.97. The summed E-state index contributed by atoms with van der Waals surface area (Å²) in [5.41, 5.74) is 0. The first kappa shape index (κ1) is 14.3. The van der Waals surface area contributed by atoms with Crippen molar-refractivity contribution in [3.63, 3.8) is 0 Å². The molecule has 1 N–H and O–H groups in total. The summed E-state index contributed by atoms with van der Waals surface area (Å²) >= 11 is 1.74. The van der Waals surface area contributed by atoms with E-state index in [1.54, 1.807) is 11.3 Å². The number of aromatic nitrogens is 1. The standard InChI is InChI=1S/C15H22N2OS/c1-11(2)9-16-8-4-5-15-17-10-13(18-15)14-7-6-12(3)19-14/h6-7,10-11,16H,4-5,8-9H2,1-3H3. The molecule has 0 aromatic carbocycles. The summed E-state index contributed by atoms with van der Waals surface area (Å²) in [5.74, 6) is 2.44. The van der Waals surface area contributed by atoms with Crippen molar-refractivity contribution in [1.82, 2.24) is 10.3 Å². The predicted octanol–water partition coefficient (Wildman–Crippen LogP) is 3.89. The maximum absolute atomic E-state index is 5.78. The lowest BCUT2D eigenvalue weighted by molar-refractivity contribution is 0.484. The van der Waals surface area contributed by atoms with Crippen LogP contribution in [0.5, 0.6) is 0 Å². The van der Waals surface area contributed by atoms with E-state index < -0.39 is 0 Å². The lowest BCUT2D eigenvalue weighted by Gasteiger charge is -2.05. The lowest BCUT2D eigenvalue weighted by atomic mass is 10.2. The summed E-state index contributed by atoms with van der Waals surface area (Å²) in [6.07, 6.45) is 3.80. The molecule has 0 unspecified atom stereocenters. The van der Waals surface area contributed by atoms with Crippen LogP contribution in [-0.2, 0) is 6.42 Å². The van der Waals surface area contributed by atoms with Crippen LogP contribution in [0.4, 0.5) is 0 Å². The van der Waals surface area contributed by atoms with Gasteiger partial charge in [0.05, 0.1) is 11.1 Å². The summed E-state index contributed by atoms with van der Waals surface area (Å²) < 4.78 is 5.78. The minimum atomic E-state index is 0.704. The first-order chi connectivity index (χ1) is 9.15. The van der Waals surface area contributed by atoms with Gasteiger partial charge in [0.2, 0.25) is 0 Å². The highest BCUT2D eigenvalue weighted by atomic mass is 32.1. The van der Waals surface area contributed by atoms with Gasteiger partial charge >= 0.3 is 0 Å². The maximum Gasteiger partial charge on any atom is 0.194 e. The van der Waals surface area contributed by atoms with Crippen molar-refractivity contribution in [2.45, 2.75) is 33.6 Å². The second kappa shape index (κ2) is 6.87. The van der Waals surface area contributed by atoms with Gasteiger partial charge < -0.3 is 9.73 Å². The number of nitrogens with one attached hydrogen (secondary N) is 1.